The summed E-state index contributed by atoms with van der Waals surface area (Å²) in [7, 11) is 2.32. The minimum Gasteiger partial charge on any atom is -0.297 e. The summed E-state index contributed by atoms with van der Waals surface area (Å²) in [5.74, 6) is 1.02. The van der Waals surface area contributed by atoms with E-state index in [2.05, 4.69) is 18.9 Å². The molecule has 3 fully saturated rings. The van der Waals surface area contributed by atoms with E-state index in [0.29, 0.717) is 0 Å². The average Bonchev–Trinajstić information content (AvgIpc) is 2.67. The van der Waals surface area contributed by atoms with Gasteiger partial charge in [0.2, 0.25) is 0 Å². The smallest absolute Gasteiger partial charge is 0.0257 e. The van der Waals surface area contributed by atoms with Crippen LogP contribution < -0.4 is 0 Å². The molecule has 2 aliphatic carbocycles. The van der Waals surface area contributed by atoms with Gasteiger partial charge in [-0.05, 0) is 50.5 Å². The summed E-state index contributed by atoms with van der Waals surface area (Å²) in [6.07, 6.45) is 9.06. The molecule has 74 valence electrons. The highest BCUT2D eigenvalue weighted by Crippen LogP contribution is 2.57. The first-order valence-corrected chi connectivity index (χ1v) is 5.95. The highest BCUT2D eigenvalue weighted by Gasteiger charge is 2.54. The number of nitrogens with zero attached hydrogens (tertiary/aromatic N) is 1. The van der Waals surface area contributed by atoms with Crippen molar-refractivity contribution < 1.29 is 0 Å². The summed E-state index contributed by atoms with van der Waals surface area (Å²) in [5, 5.41) is 0. The lowest BCUT2D eigenvalue weighted by atomic mass is 9.59. The summed E-state index contributed by atoms with van der Waals surface area (Å²) in [5.41, 5.74) is 0.796. The predicted molar refractivity (Wildman–Crippen MR) is 54.6 cm³/mol. The Morgan fingerprint density at radius 3 is 2.54 bits per heavy atom. The molecule has 1 aliphatic heterocycles. The molecule has 0 N–H and O–H groups in total. The van der Waals surface area contributed by atoms with E-state index in [4.69, 9.17) is 0 Å². The van der Waals surface area contributed by atoms with E-state index in [1.165, 1.54) is 38.5 Å². The largest absolute Gasteiger partial charge is 0.297 e. The Balaban J connectivity index is 1.79. The molecular weight excluding hydrogens is 158 g/mol. The summed E-state index contributed by atoms with van der Waals surface area (Å²) >= 11 is 0. The fourth-order valence-electron chi connectivity index (χ4n) is 3.82. The maximum absolute atomic E-state index is 2.60. The van der Waals surface area contributed by atoms with Crippen molar-refractivity contribution in [2.24, 2.45) is 11.3 Å². The third-order valence-electron chi connectivity index (χ3n) is 5.31. The zero-order valence-electron chi connectivity index (χ0n) is 8.92. The molecule has 1 saturated heterocycles. The molecule has 0 aromatic rings. The molecule has 0 bridgehead atoms. The Kier molecular flexibility index (Phi) is 1.59. The van der Waals surface area contributed by atoms with Crippen LogP contribution in [-0.2, 0) is 0 Å². The molecular formula is C12H21N. The van der Waals surface area contributed by atoms with Crippen LogP contribution in [0.4, 0.5) is 0 Å². The van der Waals surface area contributed by atoms with Crippen LogP contribution in [0.15, 0.2) is 0 Å². The van der Waals surface area contributed by atoms with Gasteiger partial charge in [0.05, 0.1) is 0 Å². The van der Waals surface area contributed by atoms with E-state index >= 15 is 0 Å². The standard InChI is InChI=1S/C12H21N/c1-9-4-5-10-11(13(10)2)8-12(9)6-3-7-12/h9-11H,3-8H2,1-2H3/t9-,10?,11-,13?/m1/s1. The van der Waals surface area contributed by atoms with Gasteiger partial charge in [-0.25, -0.2) is 0 Å². The Morgan fingerprint density at radius 2 is 1.92 bits per heavy atom. The van der Waals surface area contributed by atoms with Gasteiger partial charge in [-0.1, -0.05) is 13.3 Å². The van der Waals surface area contributed by atoms with Crippen molar-refractivity contribution in [2.75, 3.05) is 7.05 Å². The summed E-state index contributed by atoms with van der Waals surface area (Å²) in [6, 6.07) is 1.95. The topological polar surface area (TPSA) is 3.01 Å². The molecule has 4 atom stereocenters. The second-order valence-corrected chi connectivity index (χ2v) is 5.70. The monoisotopic (exact) mass is 179 g/mol. The molecule has 1 spiro atoms. The van der Waals surface area contributed by atoms with Gasteiger partial charge < -0.3 is 0 Å². The third kappa shape index (κ3) is 1.03. The van der Waals surface area contributed by atoms with Crippen LogP contribution in [0.5, 0.6) is 0 Å². The number of hydrogen-bond acceptors (Lipinski definition) is 1. The van der Waals surface area contributed by atoms with Crippen LogP contribution in [0.3, 0.4) is 0 Å². The molecule has 13 heavy (non-hydrogen) atoms. The molecule has 2 saturated carbocycles. The lowest BCUT2D eigenvalue weighted by molar-refractivity contribution is 0.0425. The van der Waals surface area contributed by atoms with E-state index in [1.807, 2.05) is 0 Å². The SMILES string of the molecule is C[C@@H]1CCC2[C@@H](CC13CCC3)N2C. The van der Waals surface area contributed by atoms with Gasteiger partial charge in [0.25, 0.3) is 0 Å². The second kappa shape index (κ2) is 2.50. The van der Waals surface area contributed by atoms with E-state index in [9.17, 15) is 0 Å². The van der Waals surface area contributed by atoms with E-state index in [1.54, 1.807) is 0 Å². The number of likely N-dealkylation sites (tertiary alicyclic amines) is 1. The zero-order chi connectivity index (χ0) is 9.05. The van der Waals surface area contributed by atoms with Crippen LogP contribution in [0.25, 0.3) is 0 Å². The van der Waals surface area contributed by atoms with Crippen molar-refractivity contribution >= 4 is 0 Å². The first-order chi connectivity index (χ1) is 6.23. The van der Waals surface area contributed by atoms with Crippen LogP contribution in [0.1, 0.15) is 45.4 Å². The van der Waals surface area contributed by atoms with Crippen molar-refractivity contribution in [3.8, 4) is 0 Å². The van der Waals surface area contributed by atoms with Crippen molar-refractivity contribution in [1.29, 1.82) is 0 Å². The van der Waals surface area contributed by atoms with E-state index < -0.39 is 0 Å². The van der Waals surface area contributed by atoms with Gasteiger partial charge in [0, 0.05) is 12.1 Å². The van der Waals surface area contributed by atoms with Gasteiger partial charge in [0.15, 0.2) is 0 Å². The zero-order valence-corrected chi connectivity index (χ0v) is 8.92. The molecule has 0 radical (unpaired) electrons. The van der Waals surface area contributed by atoms with Crippen molar-refractivity contribution in [1.82, 2.24) is 4.90 Å². The Labute approximate surface area is 81.5 Å². The predicted octanol–water partition coefficient (Wildman–Crippen LogP) is 2.66. The lowest BCUT2D eigenvalue weighted by Crippen LogP contribution is -2.37. The molecule has 1 heterocycles. The highest BCUT2D eigenvalue weighted by molar-refractivity contribution is 5.09. The second-order valence-electron chi connectivity index (χ2n) is 5.70. The van der Waals surface area contributed by atoms with Crippen LogP contribution >= 0.6 is 0 Å². The minimum absolute atomic E-state index is 0.796. The molecule has 2 unspecified atom stereocenters. The fourth-order valence-corrected chi connectivity index (χ4v) is 3.82. The molecule has 0 amide bonds. The Bertz CT molecular complexity index is 219. The van der Waals surface area contributed by atoms with Gasteiger partial charge in [-0.3, -0.25) is 4.90 Å². The third-order valence-corrected chi connectivity index (χ3v) is 5.31. The molecule has 1 heteroatoms. The Morgan fingerprint density at radius 1 is 1.15 bits per heavy atom. The minimum atomic E-state index is 0.796. The number of likely N-dealkylation sites (N-methyl/N-ethyl adjacent to an activating group) is 1. The van der Waals surface area contributed by atoms with E-state index in [0.717, 1.165) is 23.4 Å². The number of rotatable bonds is 0. The maximum Gasteiger partial charge on any atom is 0.0257 e. The van der Waals surface area contributed by atoms with Gasteiger partial charge in [-0.15, -0.1) is 0 Å². The first kappa shape index (κ1) is 8.28. The van der Waals surface area contributed by atoms with Crippen molar-refractivity contribution in [3.63, 3.8) is 0 Å². The first-order valence-electron chi connectivity index (χ1n) is 5.95. The summed E-state index contributed by atoms with van der Waals surface area (Å²) in [6.45, 7) is 2.50. The van der Waals surface area contributed by atoms with Crippen LogP contribution in [-0.4, -0.2) is 24.0 Å². The van der Waals surface area contributed by atoms with Gasteiger partial charge in [0.1, 0.15) is 0 Å². The van der Waals surface area contributed by atoms with Crippen LogP contribution in [0, 0.1) is 11.3 Å². The Hall–Kier alpha value is -0.0400. The average molecular weight is 179 g/mol. The van der Waals surface area contributed by atoms with Gasteiger partial charge in [-0.2, -0.15) is 0 Å². The lowest BCUT2D eigenvalue weighted by Gasteiger charge is -2.46. The summed E-state index contributed by atoms with van der Waals surface area (Å²) < 4.78 is 0. The maximum atomic E-state index is 2.60. The van der Waals surface area contributed by atoms with Crippen molar-refractivity contribution in [2.45, 2.75) is 57.5 Å². The number of hydrogen-bond donors (Lipinski definition) is 0. The normalized spacial score (nSPS) is 52.2. The van der Waals surface area contributed by atoms with Gasteiger partial charge >= 0.3 is 0 Å². The van der Waals surface area contributed by atoms with Crippen LogP contribution in [0.2, 0.25) is 0 Å². The summed E-state index contributed by atoms with van der Waals surface area (Å²) in [4.78, 5) is 2.60. The molecule has 0 aromatic carbocycles. The fraction of sp³-hybridized carbons (Fsp3) is 1.00. The van der Waals surface area contributed by atoms with E-state index in [-0.39, 0.29) is 0 Å². The van der Waals surface area contributed by atoms with Crippen molar-refractivity contribution in [3.05, 3.63) is 0 Å². The number of fused-ring (bicyclic) bond motifs is 1. The molecule has 0 aromatic heterocycles. The quantitative estimate of drug-likeness (QED) is 0.517. The molecule has 3 aliphatic rings. The molecule has 3 rings (SSSR count). The highest BCUT2D eigenvalue weighted by atomic mass is 15.3. The molecule has 1 nitrogen and oxygen atoms in total.